The summed E-state index contributed by atoms with van der Waals surface area (Å²) in [6, 6.07) is 5.71. The van der Waals surface area contributed by atoms with Crippen LogP contribution in [0.25, 0.3) is 0 Å². The van der Waals surface area contributed by atoms with E-state index in [1.165, 1.54) is 6.42 Å². The lowest BCUT2D eigenvalue weighted by Gasteiger charge is -2.26. The molecule has 1 amide bonds. The van der Waals surface area contributed by atoms with E-state index < -0.39 is 0 Å². The Morgan fingerprint density at radius 2 is 2.05 bits per heavy atom. The molecule has 1 aliphatic heterocycles. The number of ether oxygens (including phenoxy) is 1. The van der Waals surface area contributed by atoms with Gasteiger partial charge >= 0.3 is 0 Å². The third-order valence-electron chi connectivity index (χ3n) is 3.32. The molecule has 104 valence electrons. The zero-order valence-electron chi connectivity index (χ0n) is 10.9. The molecule has 0 spiro atoms. The number of hydrogen-bond donors (Lipinski definition) is 1. The first-order chi connectivity index (χ1) is 9.22. The zero-order chi connectivity index (χ0) is 13.7. The lowest BCUT2D eigenvalue weighted by atomic mass is 10.1. The summed E-state index contributed by atoms with van der Waals surface area (Å²) in [7, 11) is 0. The highest BCUT2D eigenvalue weighted by Gasteiger charge is 2.17. The second kappa shape index (κ2) is 6.91. The second-order valence-electron chi connectivity index (χ2n) is 4.66. The van der Waals surface area contributed by atoms with E-state index in [0.717, 1.165) is 36.0 Å². The van der Waals surface area contributed by atoms with Crippen molar-refractivity contribution in [2.45, 2.75) is 25.8 Å². The van der Waals surface area contributed by atoms with E-state index in [-0.39, 0.29) is 12.5 Å². The number of benzene rings is 1. The van der Waals surface area contributed by atoms with Gasteiger partial charge in [0.2, 0.25) is 0 Å². The van der Waals surface area contributed by atoms with Gasteiger partial charge in [0.1, 0.15) is 5.75 Å². The Bertz CT molecular complexity index is 445. The molecule has 0 atom stereocenters. The highest BCUT2D eigenvalue weighted by atomic mass is 79.9. The summed E-state index contributed by atoms with van der Waals surface area (Å²) in [4.78, 5) is 13.9. The molecule has 19 heavy (non-hydrogen) atoms. The Balaban J connectivity index is 1.96. The number of rotatable bonds is 4. The molecule has 0 bridgehead atoms. The first-order valence-electron chi connectivity index (χ1n) is 6.60. The normalized spacial score (nSPS) is 15.4. The number of halogens is 1. The molecule has 0 aliphatic carbocycles. The summed E-state index contributed by atoms with van der Waals surface area (Å²) in [6.45, 7) is 2.17. The van der Waals surface area contributed by atoms with E-state index in [2.05, 4.69) is 15.9 Å². The van der Waals surface area contributed by atoms with Crippen molar-refractivity contribution >= 4 is 21.8 Å². The number of nitrogens with zero attached hydrogens (tertiary/aromatic N) is 1. The Morgan fingerprint density at radius 3 is 2.74 bits per heavy atom. The standard InChI is InChI=1S/C14H19BrN2O2/c15-12-6-4-5-11(9-16)14(12)19-10-13(18)17-7-2-1-3-8-17/h4-6H,1-3,7-10,16H2. The van der Waals surface area contributed by atoms with Crippen LogP contribution in [0.3, 0.4) is 0 Å². The molecule has 1 aliphatic rings. The van der Waals surface area contributed by atoms with Crippen LogP contribution < -0.4 is 10.5 Å². The van der Waals surface area contributed by atoms with Gasteiger partial charge in [0.25, 0.3) is 5.91 Å². The fraction of sp³-hybridized carbons (Fsp3) is 0.500. The van der Waals surface area contributed by atoms with Crippen molar-refractivity contribution in [3.8, 4) is 5.75 Å². The van der Waals surface area contributed by atoms with Crippen molar-refractivity contribution in [1.29, 1.82) is 0 Å². The average molecular weight is 327 g/mol. The molecule has 0 radical (unpaired) electrons. The highest BCUT2D eigenvalue weighted by Crippen LogP contribution is 2.28. The fourth-order valence-corrected chi connectivity index (χ4v) is 2.77. The summed E-state index contributed by atoms with van der Waals surface area (Å²) in [6.07, 6.45) is 3.40. The summed E-state index contributed by atoms with van der Waals surface area (Å²) >= 11 is 3.43. The van der Waals surface area contributed by atoms with E-state index >= 15 is 0 Å². The van der Waals surface area contributed by atoms with Gasteiger partial charge in [0.05, 0.1) is 4.47 Å². The minimum Gasteiger partial charge on any atom is -0.482 e. The van der Waals surface area contributed by atoms with Gasteiger partial charge in [-0.25, -0.2) is 0 Å². The van der Waals surface area contributed by atoms with Gasteiger partial charge in [-0.1, -0.05) is 12.1 Å². The lowest BCUT2D eigenvalue weighted by Crippen LogP contribution is -2.38. The van der Waals surface area contributed by atoms with Gasteiger partial charge in [0.15, 0.2) is 6.61 Å². The molecule has 1 aromatic carbocycles. The van der Waals surface area contributed by atoms with Crippen molar-refractivity contribution < 1.29 is 9.53 Å². The quantitative estimate of drug-likeness (QED) is 0.923. The van der Waals surface area contributed by atoms with Crippen LogP contribution in [0.15, 0.2) is 22.7 Å². The van der Waals surface area contributed by atoms with E-state index in [1.54, 1.807) is 0 Å². The molecule has 0 unspecified atom stereocenters. The maximum Gasteiger partial charge on any atom is 0.260 e. The van der Waals surface area contributed by atoms with Crippen LogP contribution in [-0.2, 0) is 11.3 Å². The molecule has 1 saturated heterocycles. The summed E-state index contributed by atoms with van der Waals surface area (Å²) in [5, 5.41) is 0. The van der Waals surface area contributed by atoms with Crippen molar-refractivity contribution in [2.75, 3.05) is 19.7 Å². The van der Waals surface area contributed by atoms with Gasteiger partial charge in [-0.2, -0.15) is 0 Å². The smallest absolute Gasteiger partial charge is 0.260 e. The molecule has 0 aromatic heterocycles. The zero-order valence-corrected chi connectivity index (χ0v) is 12.5. The van der Waals surface area contributed by atoms with Gasteiger partial charge in [-0.05, 0) is 41.3 Å². The van der Waals surface area contributed by atoms with E-state index in [1.807, 2.05) is 23.1 Å². The first kappa shape index (κ1) is 14.3. The molecule has 1 fully saturated rings. The van der Waals surface area contributed by atoms with Crippen LogP contribution >= 0.6 is 15.9 Å². The summed E-state index contributed by atoms with van der Waals surface area (Å²) in [5.41, 5.74) is 6.58. The number of para-hydroxylation sites is 1. The van der Waals surface area contributed by atoms with Crippen LogP contribution in [0.1, 0.15) is 24.8 Å². The summed E-state index contributed by atoms with van der Waals surface area (Å²) < 4.78 is 6.49. The van der Waals surface area contributed by atoms with E-state index in [9.17, 15) is 4.79 Å². The van der Waals surface area contributed by atoms with Gasteiger partial charge in [-0.3, -0.25) is 4.79 Å². The Morgan fingerprint density at radius 1 is 1.32 bits per heavy atom. The van der Waals surface area contributed by atoms with Crippen LogP contribution in [-0.4, -0.2) is 30.5 Å². The monoisotopic (exact) mass is 326 g/mol. The molecule has 1 aromatic rings. The molecular formula is C14H19BrN2O2. The molecule has 1 heterocycles. The van der Waals surface area contributed by atoms with Gasteiger partial charge in [-0.15, -0.1) is 0 Å². The van der Waals surface area contributed by atoms with Crippen LogP contribution in [0.4, 0.5) is 0 Å². The highest BCUT2D eigenvalue weighted by molar-refractivity contribution is 9.10. The van der Waals surface area contributed by atoms with Crippen molar-refractivity contribution in [3.63, 3.8) is 0 Å². The fourth-order valence-electron chi connectivity index (χ4n) is 2.24. The van der Waals surface area contributed by atoms with Crippen molar-refractivity contribution in [1.82, 2.24) is 4.90 Å². The third kappa shape index (κ3) is 3.70. The van der Waals surface area contributed by atoms with Crippen molar-refractivity contribution in [3.05, 3.63) is 28.2 Å². The first-order valence-corrected chi connectivity index (χ1v) is 7.39. The Kier molecular flexibility index (Phi) is 5.22. The number of hydrogen-bond acceptors (Lipinski definition) is 3. The van der Waals surface area contributed by atoms with Crippen LogP contribution in [0.5, 0.6) is 5.75 Å². The molecular weight excluding hydrogens is 308 g/mol. The molecule has 0 saturated carbocycles. The number of carbonyl (C=O) groups is 1. The molecule has 4 nitrogen and oxygen atoms in total. The molecule has 5 heteroatoms. The molecule has 2 rings (SSSR count). The predicted octanol–water partition coefficient (Wildman–Crippen LogP) is 2.30. The number of carbonyl (C=O) groups excluding carboxylic acids is 1. The number of piperidine rings is 1. The minimum atomic E-state index is 0.0541. The summed E-state index contributed by atoms with van der Waals surface area (Å²) in [5.74, 6) is 0.730. The average Bonchev–Trinajstić information content (AvgIpc) is 2.46. The van der Waals surface area contributed by atoms with E-state index in [4.69, 9.17) is 10.5 Å². The lowest BCUT2D eigenvalue weighted by molar-refractivity contribution is -0.134. The van der Waals surface area contributed by atoms with E-state index in [0.29, 0.717) is 12.3 Å². The minimum absolute atomic E-state index is 0.0541. The number of likely N-dealkylation sites (tertiary alicyclic amines) is 1. The number of nitrogens with two attached hydrogens (primary N) is 1. The molecule has 2 N–H and O–H groups in total. The largest absolute Gasteiger partial charge is 0.482 e. The van der Waals surface area contributed by atoms with Gasteiger partial charge < -0.3 is 15.4 Å². The second-order valence-corrected chi connectivity index (χ2v) is 5.52. The maximum atomic E-state index is 12.0. The number of amides is 1. The predicted molar refractivity (Wildman–Crippen MR) is 78.0 cm³/mol. The maximum absolute atomic E-state index is 12.0. The topological polar surface area (TPSA) is 55.6 Å². The Labute approximate surface area is 122 Å². The van der Waals surface area contributed by atoms with Crippen LogP contribution in [0.2, 0.25) is 0 Å². The Hall–Kier alpha value is -1.07. The van der Waals surface area contributed by atoms with Gasteiger partial charge in [0, 0.05) is 25.2 Å². The van der Waals surface area contributed by atoms with Crippen LogP contribution in [0, 0.1) is 0 Å². The SMILES string of the molecule is NCc1cccc(Br)c1OCC(=O)N1CCCCC1. The third-order valence-corrected chi connectivity index (χ3v) is 3.94. The van der Waals surface area contributed by atoms with Crippen molar-refractivity contribution in [2.24, 2.45) is 5.73 Å².